The smallest absolute Gasteiger partial charge is 0.0357 e. The SMILES string of the molecule is CCCC(C)C(CC1CCC1)C(C)C1CCCCC1. The van der Waals surface area contributed by atoms with Gasteiger partial charge in [-0.3, -0.25) is 0 Å². The van der Waals surface area contributed by atoms with Crippen LogP contribution in [0.5, 0.6) is 0 Å². The van der Waals surface area contributed by atoms with Crippen LogP contribution in [0, 0.1) is 29.6 Å². The van der Waals surface area contributed by atoms with E-state index in [1.165, 1.54) is 64.2 Å². The van der Waals surface area contributed by atoms with Gasteiger partial charge in [-0.05, 0) is 36.0 Å². The monoisotopic (exact) mass is 264 g/mol. The maximum Gasteiger partial charge on any atom is -0.0357 e. The average Bonchev–Trinajstić information content (AvgIpc) is 2.38. The summed E-state index contributed by atoms with van der Waals surface area (Å²) in [7, 11) is 0. The highest BCUT2D eigenvalue weighted by Gasteiger charge is 2.33. The quantitative estimate of drug-likeness (QED) is 0.496. The lowest BCUT2D eigenvalue weighted by Gasteiger charge is -2.40. The fraction of sp³-hybridized carbons (Fsp3) is 1.00. The van der Waals surface area contributed by atoms with Crippen molar-refractivity contribution in [3.8, 4) is 0 Å². The van der Waals surface area contributed by atoms with E-state index in [1.807, 2.05) is 0 Å². The molecule has 0 aromatic carbocycles. The Balaban J connectivity index is 1.92. The molecule has 0 heterocycles. The third-order valence-corrected chi connectivity index (χ3v) is 6.37. The Kier molecular flexibility index (Phi) is 6.23. The van der Waals surface area contributed by atoms with Gasteiger partial charge in [-0.25, -0.2) is 0 Å². The minimum Gasteiger partial charge on any atom is -0.0654 e. The highest BCUT2D eigenvalue weighted by atomic mass is 14.4. The molecule has 0 aliphatic heterocycles. The van der Waals surface area contributed by atoms with Crippen LogP contribution in [-0.4, -0.2) is 0 Å². The van der Waals surface area contributed by atoms with E-state index in [0.29, 0.717) is 0 Å². The molecule has 2 aliphatic rings. The van der Waals surface area contributed by atoms with Crippen molar-refractivity contribution in [2.75, 3.05) is 0 Å². The van der Waals surface area contributed by atoms with Crippen LogP contribution in [0.4, 0.5) is 0 Å². The Bertz CT molecular complexity index is 234. The Morgan fingerprint density at radius 1 is 0.895 bits per heavy atom. The molecule has 2 saturated carbocycles. The average molecular weight is 264 g/mol. The summed E-state index contributed by atoms with van der Waals surface area (Å²) in [6.07, 6.45) is 16.5. The third-order valence-electron chi connectivity index (χ3n) is 6.37. The normalized spacial score (nSPS) is 26.7. The van der Waals surface area contributed by atoms with Gasteiger partial charge in [-0.1, -0.05) is 85.0 Å². The minimum atomic E-state index is 0.961. The first-order chi connectivity index (χ1) is 9.22. The molecule has 0 bridgehead atoms. The standard InChI is InChI=1S/C19H36/c1-4-9-15(2)19(14-17-10-8-11-17)16(3)18-12-6-5-7-13-18/h15-19H,4-14H2,1-3H3. The summed E-state index contributed by atoms with van der Waals surface area (Å²) < 4.78 is 0. The molecular formula is C19H36. The molecule has 3 unspecified atom stereocenters. The lowest BCUT2D eigenvalue weighted by atomic mass is 9.65. The first-order valence-electron chi connectivity index (χ1n) is 9.22. The van der Waals surface area contributed by atoms with Crippen molar-refractivity contribution in [3.05, 3.63) is 0 Å². The zero-order valence-electron chi connectivity index (χ0n) is 13.7. The Morgan fingerprint density at radius 3 is 2.11 bits per heavy atom. The number of hydrogen-bond donors (Lipinski definition) is 0. The van der Waals surface area contributed by atoms with Crippen LogP contribution < -0.4 is 0 Å². The zero-order valence-corrected chi connectivity index (χ0v) is 13.7. The van der Waals surface area contributed by atoms with Gasteiger partial charge in [-0.15, -0.1) is 0 Å². The molecule has 0 amide bonds. The van der Waals surface area contributed by atoms with Crippen LogP contribution in [0.3, 0.4) is 0 Å². The number of hydrogen-bond acceptors (Lipinski definition) is 0. The van der Waals surface area contributed by atoms with Crippen molar-refractivity contribution < 1.29 is 0 Å². The van der Waals surface area contributed by atoms with Crippen LogP contribution >= 0.6 is 0 Å². The molecule has 0 aromatic heterocycles. The van der Waals surface area contributed by atoms with E-state index in [1.54, 1.807) is 6.42 Å². The molecule has 2 rings (SSSR count). The molecular weight excluding hydrogens is 228 g/mol. The van der Waals surface area contributed by atoms with Crippen molar-refractivity contribution >= 4 is 0 Å². The van der Waals surface area contributed by atoms with Crippen molar-refractivity contribution in [2.24, 2.45) is 29.6 Å². The molecule has 112 valence electrons. The van der Waals surface area contributed by atoms with Crippen molar-refractivity contribution in [3.63, 3.8) is 0 Å². The molecule has 0 heteroatoms. The molecule has 0 aromatic rings. The third kappa shape index (κ3) is 4.23. The Labute approximate surface area is 121 Å². The maximum atomic E-state index is 2.60. The highest BCUT2D eigenvalue weighted by molar-refractivity contribution is 4.83. The van der Waals surface area contributed by atoms with Gasteiger partial charge in [0.2, 0.25) is 0 Å². The first-order valence-corrected chi connectivity index (χ1v) is 9.22. The van der Waals surface area contributed by atoms with Gasteiger partial charge in [0.15, 0.2) is 0 Å². The van der Waals surface area contributed by atoms with E-state index in [-0.39, 0.29) is 0 Å². The number of rotatable bonds is 7. The topological polar surface area (TPSA) is 0 Å². The molecule has 19 heavy (non-hydrogen) atoms. The largest absolute Gasteiger partial charge is 0.0654 e. The van der Waals surface area contributed by atoms with Crippen molar-refractivity contribution in [2.45, 2.75) is 91.4 Å². The van der Waals surface area contributed by atoms with E-state index in [9.17, 15) is 0 Å². The fourth-order valence-corrected chi connectivity index (χ4v) is 4.76. The van der Waals surface area contributed by atoms with E-state index < -0.39 is 0 Å². The first kappa shape index (κ1) is 15.4. The Morgan fingerprint density at radius 2 is 1.58 bits per heavy atom. The molecule has 0 saturated heterocycles. The summed E-state index contributed by atoms with van der Waals surface area (Å²) >= 11 is 0. The highest BCUT2D eigenvalue weighted by Crippen LogP contribution is 2.43. The van der Waals surface area contributed by atoms with E-state index in [2.05, 4.69) is 20.8 Å². The summed E-state index contributed by atoms with van der Waals surface area (Å²) in [4.78, 5) is 0. The lowest BCUT2D eigenvalue weighted by Crippen LogP contribution is -2.30. The zero-order chi connectivity index (χ0) is 13.7. The molecule has 2 aliphatic carbocycles. The van der Waals surface area contributed by atoms with Crippen LogP contribution in [0.1, 0.15) is 91.4 Å². The Hall–Kier alpha value is 0. The molecule has 0 radical (unpaired) electrons. The maximum absolute atomic E-state index is 2.60. The van der Waals surface area contributed by atoms with Crippen LogP contribution in [0.25, 0.3) is 0 Å². The van der Waals surface area contributed by atoms with Gasteiger partial charge < -0.3 is 0 Å². The van der Waals surface area contributed by atoms with Crippen molar-refractivity contribution in [1.82, 2.24) is 0 Å². The van der Waals surface area contributed by atoms with Crippen LogP contribution in [0.2, 0.25) is 0 Å². The molecule has 0 N–H and O–H groups in total. The molecule has 2 fully saturated rings. The van der Waals surface area contributed by atoms with Gasteiger partial charge in [0.25, 0.3) is 0 Å². The lowest BCUT2D eigenvalue weighted by molar-refractivity contribution is 0.102. The van der Waals surface area contributed by atoms with Gasteiger partial charge in [-0.2, -0.15) is 0 Å². The minimum absolute atomic E-state index is 0.961. The van der Waals surface area contributed by atoms with Gasteiger partial charge in [0.05, 0.1) is 0 Å². The second-order valence-electron chi connectivity index (χ2n) is 7.72. The molecule has 0 spiro atoms. The van der Waals surface area contributed by atoms with Gasteiger partial charge in [0.1, 0.15) is 0 Å². The second-order valence-corrected chi connectivity index (χ2v) is 7.72. The van der Waals surface area contributed by atoms with Gasteiger partial charge >= 0.3 is 0 Å². The van der Waals surface area contributed by atoms with Crippen molar-refractivity contribution in [1.29, 1.82) is 0 Å². The summed E-state index contributed by atoms with van der Waals surface area (Å²) in [5.41, 5.74) is 0. The fourth-order valence-electron chi connectivity index (χ4n) is 4.76. The predicted molar refractivity (Wildman–Crippen MR) is 85.3 cm³/mol. The van der Waals surface area contributed by atoms with Gasteiger partial charge in [0, 0.05) is 0 Å². The summed E-state index contributed by atoms with van der Waals surface area (Å²) in [5.74, 6) is 5.12. The van der Waals surface area contributed by atoms with E-state index in [4.69, 9.17) is 0 Å². The van der Waals surface area contributed by atoms with Crippen LogP contribution in [-0.2, 0) is 0 Å². The van der Waals surface area contributed by atoms with E-state index in [0.717, 1.165) is 29.6 Å². The molecule has 3 atom stereocenters. The summed E-state index contributed by atoms with van der Waals surface area (Å²) in [6.45, 7) is 7.51. The second kappa shape index (κ2) is 7.70. The summed E-state index contributed by atoms with van der Waals surface area (Å²) in [5, 5.41) is 0. The molecule has 0 nitrogen and oxygen atoms in total. The van der Waals surface area contributed by atoms with E-state index >= 15 is 0 Å². The van der Waals surface area contributed by atoms with Crippen LogP contribution in [0.15, 0.2) is 0 Å². The summed E-state index contributed by atoms with van der Waals surface area (Å²) in [6, 6.07) is 0. The predicted octanol–water partition coefficient (Wildman–Crippen LogP) is 6.45.